The third kappa shape index (κ3) is 4.59. The molecule has 0 aromatic heterocycles. The maximum Gasteiger partial charge on any atom is 0.326 e. The normalized spacial score (nSPS) is 18.2. The Balaban J connectivity index is 2.06. The third-order valence-corrected chi connectivity index (χ3v) is 4.98. The molecule has 1 unspecified atom stereocenters. The first-order valence-electron chi connectivity index (χ1n) is 7.55. The van der Waals surface area contributed by atoms with Crippen LogP contribution in [0.1, 0.15) is 24.5 Å². The number of nitriles is 1. The number of likely N-dealkylation sites (tertiary alicyclic amines) is 1. The summed E-state index contributed by atoms with van der Waals surface area (Å²) in [6.07, 6.45) is 0.469. The number of carbonyl (C=O) groups excluding carboxylic acids is 2. The Morgan fingerprint density at radius 2 is 2.08 bits per heavy atom. The van der Waals surface area contributed by atoms with Crippen LogP contribution in [0.25, 0.3) is 0 Å². The van der Waals surface area contributed by atoms with Crippen molar-refractivity contribution >= 4 is 28.8 Å². The highest BCUT2D eigenvalue weighted by Gasteiger charge is 2.37. The number of rotatable bonds is 6. The van der Waals surface area contributed by atoms with E-state index in [1.165, 1.54) is 11.8 Å². The van der Waals surface area contributed by atoms with Gasteiger partial charge in [0, 0.05) is 32.1 Å². The minimum atomic E-state index is -1.05. The van der Waals surface area contributed by atoms with Crippen molar-refractivity contribution in [1.29, 1.82) is 5.26 Å². The molecule has 1 amide bonds. The lowest BCUT2D eigenvalue weighted by atomic mass is 10.0. The van der Waals surface area contributed by atoms with Gasteiger partial charge in [0.05, 0.1) is 11.6 Å². The van der Waals surface area contributed by atoms with Gasteiger partial charge in [-0.25, -0.2) is 4.79 Å². The zero-order valence-corrected chi connectivity index (χ0v) is 14.1. The SMILES string of the molecule is CC(=O)SCC1CC(=O)N([C@@H](Cc2ccc(C#N)cc2)C(=O)O)C1. The van der Waals surface area contributed by atoms with E-state index in [2.05, 4.69) is 0 Å². The minimum Gasteiger partial charge on any atom is -0.480 e. The second-order valence-electron chi connectivity index (χ2n) is 5.79. The van der Waals surface area contributed by atoms with Crippen LogP contribution in [0, 0.1) is 17.2 Å². The van der Waals surface area contributed by atoms with Crippen LogP contribution in [0.3, 0.4) is 0 Å². The number of benzene rings is 1. The lowest BCUT2D eigenvalue weighted by Gasteiger charge is -2.25. The van der Waals surface area contributed by atoms with E-state index in [1.54, 1.807) is 24.3 Å². The van der Waals surface area contributed by atoms with E-state index >= 15 is 0 Å². The number of aliphatic carboxylic acids is 1. The Bertz CT molecular complexity index is 681. The van der Waals surface area contributed by atoms with E-state index in [0.29, 0.717) is 17.9 Å². The van der Waals surface area contributed by atoms with E-state index in [-0.39, 0.29) is 29.8 Å². The van der Waals surface area contributed by atoms with Gasteiger partial charge in [0.25, 0.3) is 0 Å². The molecule has 0 aliphatic carbocycles. The van der Waals surface area contributed by atoms with Gasteiger partial charge in [-0.1, -0.05) is 23.9 Å². The zero-order chi connectivity index (χ0) is 17.7. The number of thioether (sulfide) groups is 1. The van der Waals surface area contributed by atoms with Crippen LogP contribution in [-0.2, 0) is 20.8 Å². The van der Waals surface area contributed by atoms with E-state index in [9.17, 15) is 19.5 Å². The molecule has 0 spiro atoms. The lowest BCUT2D eigenvalue weighted by Crippen LogP contribution is -2.43. The monoisotopic (exact) mass is 346 g/mol. The standard InChI is InChI=1S/C17H18N2O4S/c1-11(20)24-10-14-7-16(21)19(9-14)15(17(22)23)6-12-2-4-13(8-18)5-3-12/h2-5,14-15H,6-7,9-10H2,1H3,(H,22,23)/t14?,15-/m0/s1. The van der Waals surface area contributed by atoms with Gasteiger partial charge in [-0.3, -0.25) is 9.59 Å². The molecular formula is C17H18N2O4S. The lowest BCUT2D eigenvalue weighted by molar-refractivity contribution is -0.148. The van der Waals surface area contributed by atoms with Crippen molar-refractivity contribution in [3.63, 3.8) is 0 Å². The van der Waals surface area contributed by atoms with Crippen molar-refractivity contribution in [1.82, 2.24) is 4.90 Å². The van der Waals surface area contributed by atoms with Crippen molar-refractivity contribution in [2.45, 2.75) is 25.8 Å². The number of carboxylic acid groups (broad SMARTS) is 1. The largest absolute Gasteiger partial charge is 0.480 e. The Labute approximate surface area is 144 Å². The molecule has 1 N–H and O–H groups in total. The number of carboxylic acids is 1. The molecule has 126 valence electrons. The van der Waals surface area contributed by atoms with Crippen molar-refractivity contribution in [3.8, 4) is 6.07 Å². The molecule has 1 aromatic carbocycles. The predicted molar refractivity (Wildman–Crippen MR) is 89.2 cm³/mol. The Hall–Kier alpha value is -2.33. The fourth-order valence-corrected chi connectivity index (χ4v) is 3.42. The fraction of sp³-hybridized carbons (Fsp3) is 0.412. The van der Waals surface area contributed by atoms with Crippen LogP contribution in [0.2, 0.25) is 0 Å². The number of nitrogens with zero attached hydrogens (tertiary/aromatic N) is 2. The molecule has 0 radical (unpaired) electrons. The maximum atomic E-state index is 12.2. The molecule has 1 aliphatic heterocycles. The summed E-state index contributed by atoms with van der Waals surface area (Å²) in [5.74, 6) is -0.715. The highest BCUT2D eigenvalue weighted by atomic mass is 32.2. The van der Waals surface area contributed by atoms with Gasteiger partial charge >= 0.3 is 5.97 Å². The Kier molecular flexibility index (Phi) is 5.99. The molecule has 2 rings (SSSR count). The molecule has 0 saturated carbocycles. The first-order chi connectivity index (χ1) is 11.4. The van der Waals surface area contributed by atoms with Crippen LogP contribution in [0.15, 0.2) is 24.3 Å². The van der Waals surface area contributed by atoms with Crippen LogP contribution < -0.4 is 0 Å². The Morgan fingerprint density at radius 1 is 1.42 bits per heavy atom. The summed E-state index contributed by atoms with van der Waals surface area (Å²) in [5, 5.41) is 18.3. The number of hydrogen-bond acceptors (Lipinski definition) is 5. The van der Waals surface area contributed by atoms with Crippen molar-refractivity contribution in [3.05, 3.63) is 35.4 Å². The number of hydrogen-bond donors (Lipinski definition) is 1. The molecule has 1 saturated heterocycles. The van der Waals surface area contributed by atoms with Gasteiger partial charge in [-0.05, 0) is 23.6 Å². The molecule has 1 aliphatic rings. The van der Waals surface area contributed by atoms with Gasteiger partial charge in [-0.2, -0.15) is 5.26 Å². The summed E-state index contributed by atoms with van der Waals surface area (Å²) in [7, 11) is 0. The van der Waals surface area contributed by atoms with Crippen molar-refractivity contribution in [2.75, 3.05) is 12.3 Å². The molecule has 0 bridgehead atoms. The highest BCUT2D eigenvalue weighted by Crippen LogP contribution is 2.25. The summed E-state index contributed by atoms with van der Waals surface area (Å²) < 4.78 is 0. The number of carbonyl (C=O) groups is 3. The predicted octanol–water partition coefficient (Wildman–Crippen LogP) is 1.68. The van der Waals surface area contributed by atoms with E-state index in [0.717, 1.165) is 17.3 Å². The van der Waals surface area contributed by atoms with E-state index < -0.39 is 12.0 Å². The molecule has 7 heteroatoms. The molecule has 24 heavy (non-hydrogen) atoms. The smallest absolute Gasteiger partial charge is 0.326 e. The first-order valence-corrected chi connectivity index (χ1v) is 8.54. The minimum absolute atomic E-state index is 0.00536. The van der Waals surface area contributed by atoms with Crippen molar-refractivity contribution in [2.24, 2.45) is 5.92 Å². The van der Waals surface area contributed by atoms with E-state index in [1.807, 2.05) is 6.07 Å². The van der Waals surface area contributed by atoms with Crippen molar-refractivity contribution < 1.29 is 19.5 Å². The topological polar surface area (TPSA) is 98.5 Å². The fourth-order valence-electron chi connectivity index (χ4n) is 2.73. The second kappa shape index (κ2) is 7.97. The molecule has 2 atom stereocenters. The second-order valence-corrected chi connectivity index (χ2v) is 6.98. The summed E-state index contributed by atoms with van der Waals surface area (Å²) in [5.41, 5.74) is 1.26. The van der Waals surface area contributed by atoms with Gasteiger partial charge in [-0.15, -0.1) is 0 Å². The van der Waals surface area contributed by atoms with Gasteiger partial charge in [0.2, 0.25) is 5.91 Å². The van der Waals surface area contributed by atoms with Crippen LogP contribution in [-0.4, -0.2) is 45.3 Å². The summed E-state index contributed by atoms with van der Waals surface area (Å²) >= 11 is 1.16. The summed E-state index contributed by atoms with van der Waals surface area (Å²) in [6.45, 7) is 1.83. The zero-order valence-electron chi connectivity index (χ0n) is 13.3. The average molecular weight is 346 g/mol. The molecule has 1 aromatic rings. The third-order valence-electron chi connectivity index (χ3n) is 3.93. The van der Waals surface area contributed by atoms with E-state index in [4.69, 9.17) is 5.26 Å². The quantitative estimate of drug-likeness (QED) is 0.841. The van der Waals surface area contributed by atoms with Gasteiger partial charge in [0.15, 0.2) is 5.12 Å². The average Bonchev–Trinajstić information content (AvgIpc) is 2.91. The summed E-state index contributed by atoms with van der Waals surface area (Å²) in [6, 6.07) is 7.75. The molecule has 6 nitrogen and oxygen atoms in total. The molecule has 1 heterocycles. The van der Waals surface area contributed by atoms with Crippen LogP contribution in [0.4, 0.5) is 0 Å². The number of amides is 1. The molecule has 1 fully saturated rings. The highest BCUT2D eigenvalue weighted by molar-refractivity contribution is 8.13. The maximum absolute atomic E-state index is 12.2. The van der Waals surface area contributed by atoms with Gasteiger partial charge in [0.1, 0.15) is 6.04 Å². The first kappa shape index (κ1) is 18.0. The summed E-state index contributed by atoms with van der Waals surface area (Å²) in [4.78, 5) is 36.3. The van der Waals surface area contributed by atoms with Gasteiger partial charge < -0.3 is 10.0 Å². The molecular weight excluding hydrogens is 328 g/mol. The Morgan fingerprint density at radius 3 is 2.62 bits per heavy atom. The van der Waals surface area contributed by atoms with Crippen LogP contribution >= 0.6 is 11.8 Å². The van der Waals surface area contributed by atoms with Crippen LogP contribution in [0.5, 0.6) is 0 Å².